The van der Waals surface area contributed by atoms with Crippen LogP contribution in [0.1, 0.15) is 66.6 Å². The molecule has 0 saturated carbocycles. The van der Waals surface area contributed by atoms with E-state index < -0.39 is 0 Å². The Bertz CT molecular complexity index is 1200. The fraction of sp³-hybridized carbons (Fsp3) is 0.500. The zero-order valence-corrected chi connectivity index (χ0v) is 20.7. The first-order valence-corrected chi connectivity index (χ1v) is 12.0. The SMILES string of the molecule is CC(C)c1cc(C(=O)N(C)C)cc2c(F)c(C3CCCN(C(=O)CCn4cccn4)C3)n(C)c12. The first-order chi connectivity index (χ1) is 16.2. The van der Waals surface area contributed by atoms with Crippen LogP contribution in [0.3, 0.4) is 0 Å². The van der Waals surface area contributed by atoms with Crippen LogP contribution in [0.25, 0.3) is 10.9 Å². The normalized spacial score (nSPS) is 16.4. The monoisotopic (exact) mass is 467 g/mol. The average molecular weight is 468 g/mol. The lowest BCUT2D eigenvalue weighted by atomic mass is 9.93. The zero-order chi connectivity index (χ0) is 24.6. The molecule has 182 valence electrons. The number of benzene rings is 1. The lowest BCUT2D eigenvalue weighted by Crippen LogP contribution is -2.40. The summed E-state index contributed by atoms with van der Waals surface area (Å²) in [6, 6.07) is 5.41. The Morgan fingerprint density at radius 2 is 2.03 bits per heavy atom. The van der Waals surface area contributed by atoms with Crippen molar-refractivity contribution in [2.24, 2.45) is 7.05 Å². The van der Waals surface area contributed by atoms with Crippen LogP contribution in [0.15, 0.2) is 30.6 Å². The number of halogens is 1. The predicted octanol–water partition coefficient (Wildman–Crippen LogP) is 4.14. The van der Waals surface area contributed by atoms with Crippen LogP contribution in [0.2, 0.25) is 0 Å². The number of piperidine rings is 1. The summed E-state index contributed by atoms with van der Waals surface area (Å²) >= 11 is 0. The van der Waals surface area contributed by atoms with Crippen molar-refractivity contribution in [3.63, 3.8) is 0 Å². The van der Waals surface area contributed by atoms with E-state index in [1.807, 2.05) is 34.8 Å². The highest BCUT2D eigenvalue weighted by Crippen LogP contribution is 2.38. The van der Waals surface area contributed by atoms with E-state index in [9.17, 15) is 9.59 Å². The molecule has 0 aliphatic carbocycles. The smallest absolute Gasteiger partial charge is 0.253 e. The number of rotatable bonds is 6. The van der Waals surface area contributed by atoms with Crippen LogP contribution >= 0.6 is 0 Å². The van der Waals surface area contributed by atoms with Crippen molar-refractivity contribution >= 4 is 22.7 Å². The summed E-state index contributed by atoms with van der Waals surface area (Å²) in [5.41, 5.74) is 2.91. The highest BCUT2D eigenvalue weighted by atomic mass is 19.1. The van der Waals surface area contributed by atoms with E-state index in [1.54, 1.807) is 31.0 Å². The molecule has 1 unspecified atom stereocenters. The summed E-state index contributed by atoms with van der Waals surface area (Å²) in [6.07, 6.45) is 5.58. The second-order valence-electron chi connectivity index (χ2n) is 9.77. The first-order valence-electron chi connectivity index (χ1n) is 12.0. The Balaban J connectivity index is 1.66. The van der Waals surface area contributed by atoms with Gasteiger partial charge < -0.3 is 14.4 Å². The van der Waals surface area contributed by atoms with Gasteiger partial charge in [-0.05, 0) is 42.5 Å². The van der Waals surface area contributed by atoms with Gasteiger partial charge in [0.2, 0.25) is 5.91 Å². The van der Waals surface area contributed by atoms with Crippen LogP contribution in [-0.4, -0.2) is 63.1 Å². The Morgan fingerprint density at radius 1 is 1.26 bits per heavy atom. The standard InChI is InChI=1S/C26H34FN5O2/c1-17(2)20-14-19(26(34)29(3)4)15-21-23(27)24(30(5)25(20)21)18-8-6-11-31(16-18)22(33)9-13-32-12-7-10-28-32/h7,10,12,14-15,17-18H,6,8-9,11,13,16H2,1-5H3. The summed E-state index contributed by atoms with van der Waals surface area (Å²) in [7, 11) is 5.31. The van der Waals surface area contributed by atoms with Crippen molar-refractivity contribution in [3.8, 4) is 0 Å². The Labute approximate surface area is 200 Å². The number of fused-ring (bicyclic) bond motifs is 1. The number of hydrogen-bond acceptors (Lipinski definition) is 3. The molecule has 2 aromatic heterocycles. The van der Waals surface area contributed by atoms with Gasteiger partial charge in [-0.25, -0.2) is 4.39 Å². The van der Waals surface area contributed by atoms with Gasteiger partial charge in [0.15, 0.2) is 5.82 Å². The summed E-state index contributed by atoms with van der Waals surface area (Å²) in [6.45, 7) is 5.85. The molecule has 0 spiro atoms. The third-order valence-corrected chi connectivity index (χ3v) is 6.85. The highest BCUT2D eigenvalue weighted by molar-refractivity contribution is 5.99. The lowest BCUT2D eigenvalue weighted by Gasteiger charge is -2.33. The predicted molar refractivity (Wildman–Crippen MR) is 130 cm³/mol. The maximum atomic E-state index is 16.0. The van der Waals surface area contributed by atoms with Crippen molar-refractivity contribution in [1.82, 2.24) is 24.1 Å². The van der Waals surface area contributed by atoms with Gasteiger partial charge in [0.1, 0.15) is 0 Å². The van der Waals surface area contributed by atoms with Crippen LogP contribution in [0.5, 0.6) is 0 Å². The Morgan fingerprint density at radius 3 is 2.68 bits per heavy atom. The van der Waals surface area contributed by atoms with E-state index in [0.29, 0.717) is 42.7 Å². The molecule has 2 amide bonds. The van der Waals surface area contributed by atoms with Crippen LogP contribution < -0.4 is 0 Å². The summed E-state index contributed by atoms with van der Waals surface area (Å²) < 4.78 is 19.7. The molecule has 7 nitrogen and oxygen atoms in total. The third kappa shape index (κ3) is 4.45. The fourth-order valence-electron chi connectivity index (χ4n) is 5.11. The third-order valence-electron chi connectivity index (χ3n) is 6.85. The molecule has 4 rings (SSSR count). The summed E-state index contributed by atoms with van der Waals surface area (Å²) in [5.74, 6) is -0.303. The minimum Gasteiger partial charge on any atom is -0.345 e. The molecule has 1 atom stereocenters. The minimum atomic E-state index is -0.274. The van der Waals surface area contributed by atoms with E-state index in [0.717, 1.165) is 23.9 Å². The Kier molecular flexibility index (Phi) is 6.77. The molecule has 1 aliphatic heterocycles. The molecule has 8 heteroatoms. The maximum absolute atomic E-state index is 16.0. The number of aryl methyl sites for hydroxylation is 2. The largest absolute Gasteiger partial charge is 0.345 e. The van der Waals surface area contributed by atoms with Gasteiger partial charge in [-0.3, -0.25) is 14.3 Å². The molecular weight excluding hydrogens is 433 g/mol. The number of hydrogen-bond donors (Lipinski definition) is 0. The first kappa shape index (κ1) is 24.0. The quantitative estimate of drug-likeness (QED) is 0.548. The van der Waals surface area contributed by atoms with E-state index in [-0.39, 0.29) is 29.5 Å². The number of carbonyl (C=O) groups is 2. The van der Waals surface area contributed by atoms with E-state index in [2.05, 4.69) is 18.9 Å². The summed E-state index contributed by atoms with van der Waals surface area (Å²) in [4.78, 5) is 28.9. The van der Waals surface area contributed by atoms with Crippen molar-refractivity contribution < 1.29 is 14.0 Å². The molecule has 0 bridgehead atoms. The molecule has 0 N–H and O–H groups in total. The van der Waals surface area contributed by atoms with Crippen molar-refractivity contribution in [1.29, 1.82) is 0 Å². The number of nitrogens with zero attached hydrogens (tertiary/aromatic N) is 5. The second kappa shape index (κ2) is 9.60. The minimum absolute atomic E-state index is 0.0705. The summed E-state index contributed by atoms with van der Waals surface area (Å²) in [5, 5.41) is 4.64. The number of carbonyl (C=O) groups excluding carboxylic acids is 2. The fourth-order valence-corrected chi connectivity index (χ4v) is 5.11. The van der Waals surface area contributed by atoms with Gasteiger partial charge in [0, 0.05) is 76.5 Å². The van der Waals surface area contributed by atoms with E-state index in [1.165, 1.54) is 4.90 Å². The lowest BCUT2D eigenvalue weighted by molar-refractivity contribution is -0.132. The average Bonchev–Trinajstić information content (AvgIpc) is 3.42. The topological polar surface area (TPSA) is 63.4 Å². The molecular formula is C26H34FN5O2. The van der Waals surface area contributed by atoms with Gasteiger partial charge in [0.05, 0.1) is 11.2 Å². The van der Waals surface area contributed by atoms with Crippen LogP contribution in [-0.2, 0) is 18.4 Å². The van der Waals surface area contributed by atoms with Gasteiger partial charge >= 0.3 is 0 Å². The molecule has 3 aromatic rings. The Hall–Kier alpha value is -3.16. The van der Waals surface area contributed by atoms with Crippen LogP contribution in [0.4, 0.5) is 4.39 Å². The van der Waals surface area contributed by atoms with Crippen molar-refractivity contribution in [3.05, 3.63) is 53.2 Å². The van der Waals surface area contributed by atoms with E-state index in [4.69, 9.17) is 0 Å². The second-order valence-corrected chi connectivity index (χ2v) is 9.77. The van der Waals surface area contributed by atoms with Gasteiger partial charge in [-0.2, -0.15) is 5.10 Å². The molecule has 1 saturated heterocycles. The molecule has 1 fully saturated rings. The van der Waals surface area contributed by atoms with Gasteiger partial charge in [-0.1, -0.05) is 13.8 Å². The molecule has 0 radical (unpaired) electrons. The number of likely N-dealkylation sites (tertiary alicyclic amines) is 1. The number of aromatic nitrogens is 3. The van der Waals surface area contributed by atoms with Crippen LogP contribution in [0, 0.1) is 5.82 Å². The molecule has 1 aliphatic rings. The molecule has 1 aromatic carbocycles. The number of amides is 2. The zero-order valence-electron chi connectivity index (χ0n) is 20.7. The highest BCUT2D eigenvalue weighted by Gasteiger charge is 2.31. The van der Waals surface area contributed by atoms with Crippen molar-refractivity contribution in [2.45, 2.75) is 51.5 Å². The molecule has 34 heavy (non-hydrogen) atoms. The van der Waals surface area contributed by atoms with Gasteiger partial charge in [0.25, 0.3) is 5.91 Å². The van der Waals surface area contributed by atoms with Gasteiger partial charge in [-0.15, -0.1) is 0 Å². The maximum Gasteiger partial charge on any atom is 0.253 e. The molecule has 3 heterocycles. The van der Waals surface area contributed by atoms with E-state index >= 15 is 4.39 Å². The van der Waals surface area contributed by atoms with Crippen molar-refractivity contribution in [2.75, 3.05) is 27.2 Å².